The molecule has 1 heterocycles. The lowest BCUT2D eigenvalue weighted by molar-refractivity contribution is -0.150. The van der Waals surface area contributed by atoms with Gasteiger partial charge in [0.2, 0.25) is 0 Å². The summed E-state index contributed by atoms with van der Waals surface area (Å²) in [6, 6.07) is 6.37. The molecule has 0 spiro atoms. The second-order valence-electron chi connectivity index (χ2n) is 6.24. The van der Waals surface area contributed by atoms with Crippen LogP contribution in [0.25, 0.3) is 11.0 Å². The van der Waals surface area contributed by atoms with Gasteiger partial charge in [-0.1, -0.05) is 31.1 Å². The number of hydrogen-bond acceptors (Lipinski definition) is 7. The molecule has 1 amide bonds. The lowest BCUT2D eigenvalue weighted by Gasteiger charge is -2.18. The molecule has 0 aliphatic carbocycles. The summed E-state index contributed by atoms with van der Waals surface area (Å²) in [5, 5.41) is 7.08. The van der Waals surface area contributed by atoms with E-state index in [0.717, 1.165) is 5.39 Å². The maximum atomic E-state index is 11.9. The normalized spacial score (nSPS) is 12.0. The lowest BCUT2D eigenvalue weighted by atomic mass is 10.0. The van der Waals surface area contributed by atoms with E-state index in [-0.39, 0.29) is 12.3 Å². The third-order valence-electron chi connectivity index (χ3n) is 3.66. The van der Waals surface area contributed by atoms with Gasteiger partial charge in [-0.05, 0) is 24.5 Å². The highest BCUT2D eigenvalue weighted by Gasteiger charge is 2.23. The molecular formula is C18H22N2O6. The maximum Gasteiger partial charge on any atom is 0.328 e. The fourth-order valence-corrected chi connectivity index (χ4v) is 2.46. The van der Waals surface area contributed by atoms with Crippen LogP contribution in [0, 0.1) is 5.92 Å². The molecule has 0 aliphatic rings. The molecule has 8 heteroatoms. The van der Waals surface area contributed by atoms with Crippen LogP contribution in [0.5, 0.6) is 0 Å². The Bertz CT molecular complexity index is 783. The predicted molar refractivity (Wildman–Crippen MR) is 92.1 cm³/mol. The van der Waals surface area contributed by atoms with E-state index in [2.05, 4.69) is 15.2 Å². The summed E-state index contributed by atoms with van der Waals surface area (Å²) in [4.78, 5) is 35.6. The predicted octanol–water partition coefficient (Wildman–Crippen LogP) is 1.62. The Kier molecular flexibility index (Phi) is 6.71. The van der Waals surface area contributed by atoms with Crippen molar-refractivity contribution in [1.82, 2.24) is 10.5 Å². The van der Waals surface area contributed by atoms with Crippen LogP contribution in [0.2, 0.25) is 0 Å². The average Bonchev–Trinajstić information content (AvgIpc) is 3.01. The number of esters is 2. The number of amides is 1. The number of methoxy groups -OCH3 is 1. The lowest BCUT2D eigenvalue weighted by Crippen LogP contribution is -2.44. The largest absolute Gasteiger partial charge is 0.467 e. The first kappa shape index (κ1) is 19.4. The highest BCUT2D eigenvalue weighted by atomic mass is 16.5. The summed E-state index contributed by atoms with van der Waals surface area (Å²) >= 11 is 0. The molecule has 1 aromatic carbocycles. The van der Waals surface area contributed by atoms with Crippen LogP contribution >= 0.6 is 0 Å². The number of benzene rings is 1. The summed E-state index contributed by atoms with van der Waals surface area (Å²) < 4.78 is 14.7. The van der Waals surface area contributed by atoms with Crippen molar-refractivity contribution >= 4 is 28.8 Å². The molecule has 0 saturated carbocycles. The Morgan fingerprint density at radius 1 is 1.23 bits per heavy atom. The number of hydrogen-bond donors (Lipinski definition) is 1. The Morgan fingerprint density at radius 3 is 2.65 bits per heavy atom. The zero-order chi connectivity index (χ0) is 19.1. The van der Waals surface area contributed by atoms with Gasteiger partial charge < -0.3 is 19.3 Å². The van der Waals surface area contributed by atoms with Crippen LogP contribution in [0.4, 0.5) is 0 Å². The maximum absolute atomic E-state index is 11.9. The standard InChI is InChI=1S/C18H22N2O6/c1-11(2)8-14(18(23)24-3)19-16(21)10-25-17(22)9-13-12-6-4-5-7-15(12)26-20-13/h4-7,11,14H,8-10H2,1-3H3,(H,19,21)/t14-/m1/s1. The van der Waals surface area contributed by atoms with E-state index in [4.69, 9.17) is 9.26 Å². The molecule has 1 N–H and O–H groups in total. The van der Waals surface area contributed by atoms with Crippen LogP contribution in [0.1, 0.15) is 26.0 Å². The van der Waals surface area contributed by atoms with E-state index < -0.39 is 30.5 Å². The van der Waals surface area contributed by atoms with Crippen molar-refractivity contribution in [3.05, 3.63) is 30.0 Å². The second-order valence-corrected chi connectivity index (χ2v) is 6.24. The van der Waals surface area contributed by atoms with Crippen molar-refractivity contribution in [2.75, 3.05) is 13.7 Å². The smallest absolute Gasteiger partial charge is 0.328 e. The quantitative estimate of drug-likeness (QED) is 0.711. The zero-order valence-electron chi connectivity index (χ0n) is 15.0. The van der Waals surface area contributed by atoms with Gasteiger partial charge in [-0.3, -0.25) is 9.59 Å². The van der Waals surface area contributed by atoms with Crippen LogP contribution in [0.3, 0.4) is 0 Å². The van der Waals surface area contributed by atoms with Gasteiger partial charge in [-0.15, -0.1) is 0 Å². The van der Waals surface area contributed by atoms with Gasteiger partial charge in [0.15, 0.2) is 12.2 Å². The molecule has 8 nitrogen and oxygen atoms in total. The van der Waals surface area contributed by atoms with Crippen molar-refractivity contribution in [1.29, 1.82) is 0 Å². The van der Waals surface area contributed by atoms with Crippen LogP contribution in [-0.4, -0.2) is 42.8 Å². The van der Waals surface area contributed by atoms with Crippen molar-refractivity contribution in [3.63, 3.8) is 0 Å². The molecule has 26 heavy (non-hydrogen) atoms. The van der Waals surface area contributed by atoms with Gasteiger partial charge in [0.1, 0.15) is 11.7 Å². The number of aromatic nitrogens is 1. The fourth-order valence-electron chi connectivity index (χ4n) is 2.46. The zero-order valence-corrected chi connectivity index (χ0v) is 15.0. The molecule has 0 saturated heterocycles. The Hall–Kier alpha value is -2.90. The second kappa shape index (κ2) is 8.98. The first-order chi connectivity index (χ1) is 12.4. The first-order valence-electron chi connectivity index (χ1n) is 8.26. The average molecular weight is 362 g/mol. The molecule has 2 aromatic rings. The number of carbonyl (C=O) groups excluding carboxylic acids is 3. The Morgan fingerprint density at radius 2 is 1.96 bits per heavy atom. The van der Waals surface area contributed by atoms with Crippen LogP contribution in [-0.2, 0) is 30.3 Å². The monoisotopic (exact) mass is 362 g/mol. The highest BCUT2D eigenvalue weighted by Crippen LogP contribution is 2.18. The van der Waals surface area contributed by atoms with E-state index in [1.807, 2.05) is 19.9 Å². The van der Waals surface area contributed by atoms with E-state index in [1.165, 1.54) is 7.11 Å². The molecule has 0 unspecified atom stereocenters. The van der Waals surface area contributed by atoms with Gasteiger partial charge >= 0.3 is 11.9 Å². The molecule has 140 valence electrons. The number of ether oxygens (including phenoxy) is 2. The highest BCUT2D eigenvalue weighted by molar-refractivity contribution is 5.87. The fraction of sp³-hybridized carbons (Fsp3) is 0.444. The Labute approximate surface area is 150 Å². The minimum Gasteiger partial charge on any atom is -0.467 e. The van der Waals surface area contributed by atoms with Crippen LogP contribution < -0.4 is 5.32 Å². The third-order valence-corrected chi connectivity index (χ3v) is 3.66. The summed E-state index contributed by atoms with van der Waals surface area (Å²) in [5.41, 5.74) is 1.01. The third kappa shape index (κ3) is 5.30. The van der Waals surface area contributed by atoms with Gasteiger partial charge in [0.25, 0.3) is 5.91 Å². The SMILES string of the molecule is COC(=O)[C@@H](CC(C)C)NC(=O)COC(=O)Cc1noc2ccccc12. The van der Waals surface area contributed by atoms with Crippen molar-refractivity contribution < 1.29 is 28.4 Å². The summed E-state index contributed by atoms with van der Waals surface area (Å²) in [5.74, 6) is -1.54. The summed E-state index contributed by atoms with van der Waals surface area (Å²) in [6.45, 7) is 3.36. The molecule has 2 rings (SSSR count). The first-order valence-corrected chi connectivity index (χ1v) is 8.26. The van der Waals surface area contributed by atoms with Gasteiger partial charge in [0.05, 0.1) is 13.5 Å². The number of nitrogens with one attached hydrogen (secondary N) is 1. The minimum atomic E-state index is -0.773. The van der Waals surface area contributed by atoms with Gasteiger partial charge in [-0.25, -0.2) is 4.79 Å². The molecule has 0 aliphatic heterocycles. The van der Waals surface area contributed by atoms with Gasteiger partial charge in [0, 0.05) is 5.39 Å². The molecular weight excluding hydrogens is 340 g/mol. The molecule has 1 atom stereocenters. The topological polar surface area (TPSA) is 108 Å². The van der Waals surface area contributed by atoms with Gasteiger partial charge in [-0.2, -0.15) is 0 Å². The minimum absolute atomic E-state index is 0.114. The Balaban J connectivity index is 1.86. The number of carbonyl (C=O) groups is 3. The van der Waals surface area contributed by atoms with Crippen molar-refractivity contribution in [2.45, 2.75) is 32.7 Å². The number of fused-ring (bicyclic) bond motifs is 1. The van der Waals surface area contributed by atoms with E-state index in [1.54, 1.807) is 18.2 Å². The van der Waals surface area contributed by atoms with E-state index in [0.29, 0.717) is 17.7 Å². The van der Waals surface area contributed by atoms with E-state index >= 15 is 0 Å². The van der Waals surface area contributed by atoms with Crippen LogP contribution in [0.15, 0.2) is 28.8 Å². The van der Waals surface area contributed by atoms with E-state index in [9.17, 15) is 14.4 Å². The van der Waals surface area contributed by atoms with Crippen molar-refractivity contribution in [3.8, 4) is 0 Å². The number of para-hydroxylation sites is 1. The molecule has 0 radical (unpaired) electrons. The molecule has 0 bridgehead atoms. The molecule has 1 aromatic heterocycles. The van der Waals surface area contributed by atoms with Crippen molar-refractivity contribution in [2.24, 2.45) is 5.92 Å². The summed E-state index contributed by atoms with van der Waals surface area (Å²) in [7, 11) is 1.25. The molecule has 0 fully saturated rings. The summed E-state index contributed by atoms with van der Waals surface area (Å²) in [6.07, 6.45) is 0.313. The number of rotatable bonds is 8. The number of nitrogens with zero attached hydrogens (tertiary/aromatic N) is 1.